The van der Waals surface area contributed by atoms with Crippen molar-refractivity contribution >= 4 is 68.6 Å². The van der Waals surface area contributed by atoms with Gasteiger partial charge in [-0.05, 0) is 165 Å². The third-order valence-corrected chi connectivity index (χ3v) is 16.6. The van der Waals surface area contributed by atoms with Crippen molar-refractivity contribution in [1.82, 2.24) is 0 Å². The molecular weight excluding hydrogens is 829 g/mol. The fourth-order valence-electron chi connectivity index (χ4n) is 12.5. The monoisotopic (exact) mass is 896 g/mol. The van der Waals surface area contributed by atoms with E-state index >= 15 is 4.39 Å². The molecule has 3 heterocycles. The average molecular weight is 896 g/mol. The van der Waals surface area contributed by atoms with Crippen LogP contribution in [-0.4, -0.2) is 12.3 Å². The van der Waals surface area contributed by atoms with Crippen molar-refractivity contribution in [2.24, 2.45) is 0 Å². The van der Waals surface area contributed by atoms with Gasteiger partial charge in [0, 0.05) is 50.8 Å². The molecule has 2 atom stereocenters. The lowest BCUT2D eigenvalue weighted by Gasteiger charge is -2.50. The molecule has 0 N–H and O–H groups in total. The first-order valence-corrected chi connectivity index (χ1v) is 25.1. The van der Waals surface area contributed by atoms with Gasteiger partial charge in [0.1, 0.15) is 5.82 Å². The summed E-state index contributed by atoms with van der Waals surface area (Å²) in [6, 6.07) is 52.5. The lowest BCUT2D eigenvalue weighted by Crippen LogP contribution is -2.61. The van der Waals surface area contributed by atoms with E-state index in [-0.39, 0.29) is 39.7 Å². The Morgan fingerprint density at radius 3 is 1.76 bits per heavy atom. The summed E-state index contributed by atoms with van der Waals surface area (Å²) in [6.07, 6.45) is 4.39. The van der Waals surface area contributed by atoms with Gasteiger partial charge >= 0.3 is 0 Å². The second kappa shape index (κ2) is 15.2. The number of hydrogen-bond acceptors (Lipinski definition) is 3. The van der Waals surface area contributed by atoms with Crippen molar-refractivity contribution in [3.63, 3.8) is 0 Å². The molecule has 3 nitrogen and oxygen atoms in total. The molecule has 3 aliphatic heterocycles. The first-order chi connectivity index (χ1) is 32.2. The number of nitrogens with zero attached hydrogens (tertiary/aromatic N) is 3. The highest BCUT2D eigenvalue weighted by Gasteiger charge is 2.58. The van der Waals surface area contributed by atoms with Crippen LogP contribution in [0.4, 0.5) is 49.9 Å². The highest BCUT2D eigenvalue weighted by atomic mass is 19.1. The van der Waals surface area contributed by atoms with Gasteiger partial charge in [0.05, 0.1) is 11.2 Å². The normalized spacial score (nSPS) is 19.6. The van der Waals surface area contributed by atoms with E-state index in [2.05, 4.69) is 219 Å². The number of benzene rings is 7. The Hall–Kier alpha value is -6.07. The largest absolute Gasteiger partial charge is 0.334 e. The van der Waals surface area contributed by atoms with Crippen molar-refractivity contribution in [3.05, 3.63) is 173 Å². The minimum absolute atomic E-state index is 0.0117. The lowest BCUT2D eigenvalue weighted by atomic mass is 9.33. The van der Waals surface area contributed by atoms with Crippen molar-refractivity contribution in [2.75, 3.05) is 14.7 Å². The molecule has 0 spiro atoms. The highest BCUT2D eigenvalue weighted by molar-refractivity contribution is 7.00. The van der Waals surface area contributed by atoms with Gasteiger partial charge in [-0.2, -0.15) is 0 Å². The molecule has 1 aliphatic carbocycles. The van der Waals surface area contributed by atoms with Crippen LogP contribution in [-0.2, 0) is 21.7 Å². The molecule has 0 saturated heterocycles. The van der Waals surface area contributed by atoms with E-state index in [1.54, 1.807) is 6.07 Å². The van der Waals surface area contributed by atoms with E-state index < -0.39 is 0 Å². The summed E-state index contributed by atoms with van der Waals surface area (Å²) in [4.78, 5) is 7.75. The SMILES string of the molecule is Cc1cc2c3c(c1)N(c1ccc(C(C)(C)C)cc1-c1ccccc1)c1ccc(C(C)(C)C)cc1B3c1ccc(N3c4ccc(F)cc4C4(C)CCCCC34C)cc1N2c1ccc(C(C)(C)C)cc1. The topological polar surface area (TPSA) is 9.72 Å². The molecule has 7 aromatic rings. The van der Waals surface area contributed by atoms with Crippen LogP contribution in [0, 0.1) is 12.7 Å². The number of anilines is 8. The molecule has 0 amide bonds. The standard InChI is InChI=1S/C63H67BFN3/c1-40-34-56-58-57(35-40)67(52-29-22-43(60(5,6)7)36-48(52)41-18-14-13-15-19-41)54-30-23-44(61(8,9)10)37-51(54)64(58)50-28-27-47(39-55(50)66(56)46-25-20-42(21-26-46)59(2,3)4)68-53-31-24-45(65)38-49(53)62(11)32-16-17-33-63(62,68)12/h13-15,18-31,34-39H,16-17,32-33H2,1-12H3. The Morgan fingerprint density at radius 2 is 1.09 bits per heavy atom. The van der Waals surface area contributed by atoms with Crippen LogP contribution in [0.5, 0.6) is 0 Å². The van der Waals surface area contributed by atoms with Gasteiger partial charge in [-0.3, -0.25) is 0 Å². The third kappa shape index (κ3) is 6.73. The van der Waals surface area contributed by atoms with Crippen molar-refractivity contribution in [1.29, 1.82) is 0 Å². The second-order valence-electron chi connectivity index (χ2n) is 24.0. The molecule has 1 fully saturated rings. The van der Waals surface area contributed by atoms with Gasteiger partial charge in [0.2, 0.25) is 0 Å². The third-order valence-electron chi connectivity index (χ3n) is 16.6. The molecule has 1 saturated carbocycles. The molecule has 68 heavy (non-hydrogen) atoms. The Morgan fingerprint density at radius 1 is 0.500 bits per heavy atom. The maximum absolute atomic E-state index is 15.3. The summed E-state index contributed by atoms with van der Waals surface area (Å²) < 4.78 is 15.3. The molecule has 0 radical (unpaired) electrons. The van der Waals surface area contributed by atoms with Crippen LogP contribution in [0.15, 0.2) is 140 Å². The summed E-state index contributed by atoms with van der Waals surface area (Å²) >= 11 is 0. The lowest BCUT2D eigenvalue weighted by molar-refractivity contribution is 0.194. The Bertz CT molecular complexity index is 3150. The van der Waals surface area contributed by atoms with Crippen molar-refractivity contribution in [3.8, 4) is 11.1 Å². The summed E-state index contributed by atoms with van der Waals surface area (Å²) in [5, 5.41) is 0. The second-order valence-corrected chi connectivity index (χ2v) is 24.0. The van der Waals surface area contributed by atoms with E-state index in [0.29, 0.717) is 0 Å². The molecular formula is C63H67BFN3. The number of aryl methyl sites for hydroxylation is 1. The van der Waals surface area contributed by atoms with Gasteiger partial charge in [0.25, 0.3) is 6.71 Å². The zero-order valence-corrected chi connectivity index (χ0v) is 42.4. The smallest absolute Gasteiger partial charge is 0.252 e. The predicted molar refractivity (Wildman–Crippen MR) is 290 cm³/mol. The van der Waals surface area contributed by atoms with Gasteiger partial charge in [-0.25, -0.2) is 4.39 Å². The van der Waals surface area contributed by atoms with Crippen LogP contribution >= 0.6 is 0 Å². The summed E-state index contributed by atoms with van der Waals surface area (Å²) in [6.45, 7) is 27.9. The quantitative estimate of drug-likeness (QED) is 0.163. The molecule has 7 aromatic carbocycles. The molecule has 5 heteroatoms. The highest BCUT2D eigenvalue weighted by Crippen LogP contribution is 2.61. The first-order valence-electron chi connectivity index (χ1n) is 25.1. The summed E-state index contributed by atoms with van der Waals surface area (Å²) in [5.74, 6) is -0.154. The predicted octanol–water partition coefficient (Wildman–Crippen LogP) is 15.5. The molecule has 0 aromatic heterocycles. The number of halogens is 1. The molecule has 11 rings (SSSR count). The fourth-order valence-corrected chi connectivity index (χ4v) is 12.5. The minimum Gasteiger partial charge on any atom is -0.334 e. The Balaban J connectivity index is 1.21. The molecule has 0 bridgehead atoms. The van der Waals surface area contributed by atoms with Crippen molar-refractivity contribution < 1.29 is 4.39 Å². The van der Waals surface area contributed by atoms with E-state index in [0.717, 1.165) is 48.3 Å². The minimum atomic E-state index is -0.219. The zero-order chi connectivity index (χ0) is 47.9. The van der Waals surface area contributed by atoms with E-state index in [1.165, 1.54) is 78.2 Å². The van der Waals surface area contributed by atoms with Gasteiger partial charge in [-0.15, -0.1) is 0 Å². The van der Waals surface area contributed by atoms with Crippen molar-refractivity contribution in [2.45, 2.75) is 136 Å². The Labute approximate surface area is 406 Å². The van der Waals surface area contributed by atoms with Crippen LogP contribution in [0.3, 0.4) is 0 Å². The summed E-state index contributed by atoms with van der Waals surface area (Å²) in [7, 11) is 0. The fraction of sp³-hybridized carbons (Fsp3) is 0.333. The van der Waals surface area contributed by atoms with Gasteiger partial charge in [-0.1, -0.05) is 149 Å². The van der Waals surface area contributed by atoms with Crippen LogP contribution in [0.1, 0.15) is 130 Å². The van der Waals surface area contributed by atoms with E-state index in [9.17, 15) is 0 Å². The number of rotatable bonds is 4. The Kier molecular flexibility index (Phi) is 9.95. The van der Waals surface area contributed by atoms with E-state index in [4.69, 9.17) is 0 Å². The number of fused-ring (bicyclic) bond motifs is 7. The summed E-state index contributed by atoms with van der Waals surface area (Å²) in [5.41, 5.74) is 21.6. The zero-order valence-electron chi connectivity index (χ0n) is 42.4. The molecule has 4 aliphatic rings. The van der Waals surface area contributed by atoms with Gasteiger partial charge in [0.15, 0.2) is 0 Å². The van der Waals surface area contributed by atoms with Crippen LogP contribution < -0.4 is 31.1 Å². The van der Waals surface area contributed by atoms with Crippen LogP contribution in [0.25, 0.3) is 11.1 Å². The molecule has 344 valence electrons. The molecule has 2 unspecified atom stereocenters. The first kappa shape index (κ1) is 44.4. The maximum atomic E-state index is 15.3. The average Bonchev–Trinajstić information content (AvgIpc) is 3.50. The van der Waals surface area contributed by atoms with Crippen LogP contribution in [0.2, 0.25) is 0 Å². The maximum Gasteiger partial charge on any atom is 0.252 e. The van der Waals surface area contributed by atoms with Gasteiger partial charge < -0.3 is 14.7 Å². The number of hydrogen-bond donors (Lipinski definition) is 0. The van der Waals surface area contributed by atoms with E-state index in [1.807, 2.05) is 12.1 Å².